The van der Waals surface area contributed by atoms with Crippen LogP contribution in [0.5, 0.6) is 0 Å². The first kappa shape index (κ1) is 18.9. The number of aryl methyl sites for hydroxylation is 1. The average molecular weight is 322 g/mol. The van der Waals surface area contributed by atoms with Crippen LogP contribution in [0.2, 0.25) is 0 Å². The zero-order chi connectivity index (χ0) is 17.2. The summed E-state index contributed by atoms with van der Waals surface area (Å²) in [5.41, 5.74) is 0.484. The maximum Gasteiger partial charge on any atom is 0.303 e. The molecule has 0 radical (unpaired) electrons. The minimum absolute atomic E-state index is 0.137. The number of carbonyl (C=O) groups excluding carboxylic acids is 1. The predicted molar refractivity (Wildman–Crippen MR) is 88.5 cm³/mol. The molecule has 1 unspecified atom stereocenters. The minimum atomic E-state index is -0.795. The summed E-state index contributed by atoms with van der Waals surface area (Å²) in [7, 11) is 0. The lowest BCUT2D eigenvalue weighted by Crippen LogP contribution is -2.38. The fourth-order valence-corrected chi connectivity index (χ4v) is 2.45. The molecule has 0 saturated heterocycles. The number of aromatic nitrogens is 1. The van der Waals surface area contributed by atoms with E-state index < -0.39 is 12.0 Å². The first-order chi connectivity index (χ1) is 11.0. The van der Waals surface area contributed by atoms with Crippen molar-refractivity contribution in [2.24, 2.45) is 0 Å². The van der Waals surface area contributed by atoms with Crippen molar-refractivity contribution in [3.8, 4) is 0 Å². The van der Waals surface area contributed by atoms with Crippen LogP contribution in [0.25, 0.3) is 0 Å². The molecule has 0 fully saturated rings. The Balaban J connectivity index is 2.57. The second-order valence-electron chi connectivity index (χ2n) is 5.70. The quantitative estimate of drug-likeness (QED) is 0.647. The molecule has 0 bridgehead atoms. The van der Waals surface area contributed by atoms with Crippen molar-refractivity contribution in [3.05, 3.63) is 34.2 Å². The van der Waals surface area contributed by atoms with Gasteiger partial charge in [0, 0.05) is 24.7 Å². The van der Waals surface area contributed by atoms with Crippen molar-refractivity contribution >= 4 is 11.9 Å². The van der Waals surface area contributed by atoms with Crippen molar-refractivity contribution in [3.63, 3.8) is 0 Å². The van der Waals surface area contributed by atoms with E-state index in [4.69, 9.17) is 5.11 Å². The maximum absolute atomic E-state index is 12.4. The molecule has 128 valence electrons. The van der Waals surface area contributed by atoms with Gasteiger partial charge in [-0.1, -0.05) is 25.8 Å². The van der Waals surface area contributed by atoms with E-state index in [0.717, 1.165) is 19.3 Å². The van der Waals surface area contributed by atoms with Gasteiger partial charge in [0.25, 0.3) is 5.56 Å². The number of nitrogens with one attached hydrogen (secondary N) is 1. The van der Waals surface area contributed by atoms with E-state index in [9.17, 15) is 14.4 Å². The monoisotopic (exact) mass is 322 g/mol. The van der Waals surface area contributed by atoms with Crippen molar-refractivity contribution in [2.75, 3.05) is 6.54 Å². The van der Waals surface area contributed by atoms with E-state index in [2.05, 4.69) is 5.32 Å². The number of aliphatic carboxylic acids is 1. The molecule has 1 aromatic rings. The number of unbranched alkanes of at least 4 members (excludes halogenated alkanes) is 2. The van der Waals surface area contributed by atoms with Crippen LogP contribution in [0.4, 0.5) is 0 Å². The number of hydrogen-bond donors (Lipinski definition) is 2. The van der Waals surface area contributed by atoms with Crippen molar-refractivity contribution < 1.29 is 14.7 Å². The van der Waals surface area contributed by atoms with Crippen LogP contribution in [0.1, 0.15) is 57.1 Å². The second-order valence-corrected chi connectivity index (χ2v) is 5.70. The number of pyridine rings is 1. The molecule has 1 heterocycles. The Kier molecular flexibility index (Phi) is 8.08. The molecule has 2 N–H and O–H groups in total. The van der Waals surface area contributed by atoms with E-state index in [1.165, 1.54) is 4.57 Å². The highest BCUT2D eigenvalue weighted by molar-refractivity contribution is 5.80. The lowest BCUT2D eigenvalue weighted by molar-refractivity contribution is -0.137. The fraction of sp³-hybridized carbons (Fsp3) is 0.588. The lowest BCUT2D eigenvalue weighted by Gasteiger charge is -2.19. The molecule has 6 heteroatoms. The molecule has 1 amide bonds. The Morgan fingerprint density at radius 3 is 2.70 bits per heavy atom. The molecule has 6 nitrogen and oxygen atoms in total. The molecule has 0 aliphatic carbocycles. The average Bonchev–Trinajstić information content (AvgIpc) is 2.51. The van der Waals surface area contributed by atoms with Gasteiger partial charge < -0.3 is 15.0 Å². The topological polar surface area (TPSA) is 88.4 Å². The van der Waals surface area contributed by atoms with Gasteiger partial charge in [0.2, 0.25) is 5.91 Å². The zero-order valence-electron chi connectivity index (χ0n) is 13.9. The van der Waals surface area contributed by atoms with Crippen molar-refractivity contribution in [2.45, 2.75) is 58.4 Å². The van der Waals surface area contributed by atoms with Gasteiger partial charge in [-0.3, -0.25) is 14.4 Å². The Labute approximate surface area is 136 Å². The number of hydrogen-bond acceptors (Lipinski definition) is 3. The SMILES string of the molecule is CCCC(C(=O)NCCCCCC(=O)O)n1cccc(C)c1=O. The summed E-state index contributed by atoms with van der Waals surface area (Å²) in [6.07, 6.45) is 5.33. The number of nitrogens with zero attached hydrogens (tertiary/aromatic N) is 1. The lowest BCUT2D eigenvalue weighted by atomic mass is 10.1. The smallest absolute Gasteiger partial charge is 0.303 e. The Morgan fingerprint density at radius 1 is 1.30 bits per heavy atom. The highest BCUT2D eigenvalue weighted by Crippen LogP contribution is 2.12. The molecule has 1 atom stereocenters. The number of carboxylic acid groups (broad SMARTS) is 1. The molecule has 23 heavy (non-hydrogen) atoms. The van der Waals surface area contributed by atoms with Gasteiger partial charge in [0.1, 0.15) is 6.04 Å². The summed E-state index contributed by atoms with van der Waals surface area (Å²) in [5, 5.41) is 11.4. The zero-order valence-corrected chi connectivity index (χ0v) is 13.9. The van der Waals surface area contributed by atoms with Crippen LogP contribution >= 0.6 is 0 Å². The third-order valence-electron chi connectivity index (χ3n) is 3.73. The standard InChI is InChI=1S/C17H26N2O4/c1-3-8-14(19-12-7-9-13(2)17(19)23)16(22)18-11-6-4-5-10-15(20)21/h7,9,12,14H,3-6,8,10-11H2,1-2H3,(H,18,22)(H,20,21). The van der Waals surface area contributed by atoms with Gasteiger partial charge in [-0.2, -0.15) is 0 Å². The van der Waals surface area contributed by atoms with E-state index in [-0.39, 0.29) is 17.9 Å². The highest BCUT2D eigenvalue weighted by atomic mass is 16.4. The number of carbonyl (C=O) groups is 2. The molecule has 1 rings (SSSR count). The van der Waals surface area contributed by atoms with E-state index in [1.54, 1.807) is 25.3 Å². The van der Waals surface area contributed by atoms with E-state index in [1.807, 2.05) is 6.92 Å². The first-order valence-electron chi connectivity index (χ1n) is 8.14. The molecular weight excluding hydrogens is 296 g/mol. The van der Waals surface area contributed by atoms with Gasteiger partial charge in [-0.15, -0.1) is 0 Å². The van der Waals surface area contributed by atoms with Crippen LogP contribution in [-0.2, 0) is 9.59 Å². The number of rotatable bonds is 10. The van der Waals surface area contributed by atoms with Gasteiger partial charge in [0.05, 0.1) is 0 Å². The predicted octanol–water partition coefficient (Wildman–Crippen LogP) is 2.26. The van der Waals surface area contributed by atoms with Crippen LogP contribution < -0.4 is 10.9 Å². The van der Waals surface area contributed by atoms with Crippen LogP contribution in [0, 0.1) is 6.92 Å². The maximum atomic E-state index is 12.4. The number of amides is 1. The summed E-state index contributed by atoms with van der Waals surface area (Å²) in [6, 6.07) is 3.02. The van der Waals surface area contributed by atoms with Crippen LogP contribution in [-0.4, -0.2) is 28.1 Å². The summed E-state index contributed by atoms with van der Waals surface area (Å²) in [6.45, 7) is 4.22. The second kappa shape index (κ2) is 9.82. The molecule has 1 aromatic heterocycles. The summed E-state index contributed by atoms with van der Waals surface area (Å²) < 4.78 is 1.50. The summed E-state index contributed by atoms with van der Waals surface area (Å²) >= 11 is 0. The van der Waals surface area contributed by atoms with Gasteiger partial charge >= 0.3 is 5.97 Å². The third kappa shape index (κ3) is 6.26. The Bertz CT molecular complexity index is 580. The molecule has 0 aliphatic rings. The highest BCUT2D eigenvalue weighted by Gasteiger charge is 2.20. The fourth-order valence-electron chi connectivity index (χ4n) is 2.45. The molecular formula is C17H26N2O4. The third-order valence-corrected chi connectivity index (χ3v) is 3.73. The molecule has 0 saturated carbocycles. The summed E-state index contributed by atoms with van der Waals surface area (Å²) in [5.74, 6) is -0.950. The van der Waals surface area contributed by atoms with Crippen molar-refractivity contribution in [1.82, 2.24) is 9.88 Å². The van der Waals surface area contributed by atoms with Crippen LogP contribution in [0.3, 0.4) is 0 Å². The molecule has 0 spiro atoms. The largest absolute Gasteiger partial charge is 0.481 e. The molecule has 0 aromatic carbocycles. The molecule has 0 aliphatic heterocycles. The Hall–Kier alpha value is -2.11. The normalized spacial score (nSPS) is 11.9. The Morgan fingerprint density at radius 2 is 2.04 bits per heavy atom. The summed E-state index contributed by atoms with van der Waals surface area (Å²) in [4.78, 5) is 35.0. The van der Waals surface area contributed by atoms with Gasteiger partial charge in [0.15, 0.2) is 0 Å². The van der Waals surface area contributed by atoms with Gasteiger partial charge in [-0.05, 0) is 32.3 Å². The number of carboxylic acids is 1. The van der Waals surface area contributed by atoms with E-state index in [0.29, 0.717) is 24.9 Å². The first-order valence-corrected chi connectivity index (χ1v) is 8.14. The van der Waals surface area contributed by atoms with E-state index >= 15 is 0 Å². The van der Waals surface area contributed by atoms with Crippen LogP contribution in [0.15, 0.2) is 23.1 Å². The van der Waals surface area contributed by atoms with Gasteiger partial charge in [-0.25, -0.2) is 0 Å². The minimum Gasteiger partial charge on any atom is -0.481 e. The van der Waals surface area contributed by atoms with Crippen molar-refractivity contribution in [1.29, 1.82) is 0 Å².